The van der Waals surface area contributed by atoms with Gasteiger partial charge >= 0.3 is 0 Å². The van der Waals surface area contributed by atoms with Crippen LogP contribution >= 0.6 is 11.8 Å². The molecular weight excluding hydrogens is 757 g/mol. The second-order valence-electron chi connectivity index (χ2n) is 16.1. The van der Waals surface area contributed by atoms with E-state index >= 15 is 0 Å². The van der Waals surface area contributed by atoms with Gasteiger partial charge in [-0.15, -0.1) is 0 Å². The Kier molecular flexibility index (Phi) is 8.10. The first kappa shape index (κ1) is 35.6. The molecule has 288 valence electrons. The summed E-state index contributed by atoms with van der Waals surface area (Å²) in [7, 11) is 0. The number of anilines is 3. The molecule has 0 bridgehead atoms. The van der Waals surface area contributed by atoms with Crippen LogP contribution in [0, 0.1) is 6.92 Å². The fraction of sp³-hybridized carbons (Fsp3) is 0.0345. The minimum absolute atomic E-state index is 0.556. The predicted molar refractivity (Wildman–Crippen MR) is 258 cm³/mol. The van der Waals surface area contributed by atoms with Crippen LogP contribution in [-0.2, 0) is 5.41 Å². The van der Waals surface area contributed by atoms with Crippen LogP contribution in [0.15, 0.2) is 223 Å². The standard InChI is InChI=1S/C58H40N2S/c1-3-4-17-39-18-16-30-52(38(39)2)59(42-32-34-54-47(36-42)45-24-9-12-29-53(45)60(54)41-21-6-5-7-22-41)43-33-35-56-51(37-43)58(49-27-11-13-31-55(49)61-56)48-26-10-8-23-44(48)46-25-14-19-40-20-15-28-50(58)57(40)46/h3-37H,1H2,2H3/b17-4-. The number of aromatic nitrogens is 1. The van der Waals surface area contributed by atoms with Crippen molar-refractivity contribution in [3.8, 4) is 16.8 Å². The Hall–Kier alpha value is -7.33. The van der Waals surface area contributed by atoms with Gasteiger partial charge in [0.25, 0.3) is 0 Å². The van der Waals surface area contributed by atoms with Crippen molar-refractivity contribution in [3.05, 3.63) is 246 Å². The van der Waals surface area contributed by atoms with Crippen molar-refractivity contribution >= 4 is 67.5 Å². The zero-order chi connectivity index (χ0) is 40.7. The largest absolute Gasteiger partial charge is 0.310 e. The average Bonchev–Trinajstić information content (AvgIpc) is 3.65. The Morgan fingerprint density at radius 3 is 2.10 bits per heavy atom. The molecule has 0 N–H and O–H groups in total. The average molecular weight is 797 g/mol. The quantitative estimate of drug-likeness (QED) is 0.155. The SMILES string of the molecule is C=C/C=C\c1cccc(N(c2ccc3c(c2)C2(c4ccccc4S3)c3ccccc3-c3cccc4cccc2c34)c2ccc3c(c2)c2ccccc2n3-c2ccccc2)c1C. The number of fused-ring (bicyclic) bond motifs is 11. The summed E-state index contributed by atoms with van der Waals surface area (Å²) < 4.78 is 2.39. The van der Waals surface area contributed by atoms with Crippen molar-refractivity contribution < 1.29 is 0 Å². The van der Waals surface area contributed by atoms with Crippen LogP contribution in [0.4, 0.5) is 17.1 Å². The molecule has 1 aromatic heterocycles. The van der Waals surface area contributed by atoms with Gasteiger partial charge in [0.2, 0.25) is 0 Å². The Bertz CT molecular complexity index is 3440. The van der Waals surface area contributed by atoms with Gasteiger partial charge in [-0.1, -0.05) is 164 Å². The lowest BCUT2D eigenvalue weighted by Crippen LogP contribution is -2.36. The topological polar surface area (TPSA) is 8.17 Å². The van der Waals surface area contributed by atoms with Crippen molar-refractivity contribution in [2.45, 2.75) is 22.1 Å². The summed E-state index contributed by atoms with van der Waals surface area (Å²) in [5, 5.41) is 5.04. The summed E-state index contributed by atoms with van der Waals surface area (Å²) in [5.41, 5.74) is 16.5. The molecule has 0 amide bonds. The third-order valence-electron chi connectivity index (χ3n) is 13.0. The highest BCUT2D eigenvalue weighted by Crippen LogP contribution is 2.62. The molecule has 2 nitrogen and oxygen atoms in total. The van der Waals surface area contributed by atoms with Gasteiger partial charge in [-0.25, -0.2) is 0 Å². The summed E-state index contributed by atoms with van der Waals surface area (Å²) in [6.07, 6.45) is 6.03. The van der Waals surface area contributed by atoms with E-state index in [1.807, 2.05) is 23.9 Å². The maximum Gasteiger partial charge on any atom is 0.0736 e. The lowest BCUT2D eigenvalue weighted by molar-refractivity contribution is 0.707. The van der Waals surface area contributed by atoms with Gasteiger partial charge in [0.15, 0.2) is 0 Å². The monoisotopic (exact) mass is 796 g/mol. The summed E-state index contributed by atoms with van der Waals surface area (Å²) >= 11 is 1.89. The third kappa shape index (κ3) is 5.17. The summed E-state index contributed by atoms with van der Waals surface area (Å²) in [6, 6.07) is 72.3. The van der Waals surface area contributed by atoms with Gasteiger partial charge in [0.05, 0.1) is 16.4 Å². The molecule has 1 atom stereocenters. The Labute approximate surface area is 360 Å². The van der Waals surface area contributed by atoms with Crippen molar-refractivity contribution in [2.24, 2.45) is 0 Å². The van der Waals surface area contributed by atoms with Crippen LogP contribution < -0.4 is 4.90 Å². The predicted octanol–water partition coefficient (Wildman–Crippen LogP) is 15.7. The van der Waals surface area contributed by atoms with E-state index in [2.05, 4.69) is 223 Å². The molecule has 1 spiro atoms. The third-order valence-corrected chi connectivity index (χ3v) is 14.1. The zero-order valence-corrected chi connectivity index (χ0v) is 34.5. The molecule has 1 unspecified atom stereocenters. The maximum absolute atomic E-state index is 3.98. The van der Waals surface area contributed by atoms with Crippen molar-refractivity contribution in [2.75, 3.05) is 4.90 Å². The molecule has 61 heavy (non-hydrogen) atoms. The molecule has 3 heteroatoms. The van der Waals surface area contributed by atoms with Crippen molar-refractivity contribution in [1.82, 2.24) is 4.57 Å². The molecule has 2 heterocycles. The number of rotatable bonds is 6. The number of hydrogen-bond donors (Lipinski definition) is 0. The van der Waals surface area contributed by atoms with Gasteiger partial charge < -0.3 is 9.47 Å². The van der Waals surface area contributed by atoms with E-state index in [0.717, 1.165) is 28.3 Å². The first-order valence-electron chi connectivity index (χ1n) is 21.0. The second-order valence-corrected chi connectivity index (χ2v) is 17.2. The van der Waals surface area contributed by atoms with E-state index in [-0.39, 0.29) is 0 Å². The van der Waals surface area contributed by atoms with Gasteiger partial charge in [0, 0.05) is 43.3 Å². The second kappa shape index (κ2) is 13.9. The Morgan fingerprint density at radius 1 is 0.541 bits per heavy atom. The number of para-hydroxylation sites is 2. The van der Waals surface area contributed by atoms with E-state index in [4.69, 9.17) is 0 Å². The van der Waals surface area contributed by atoms with Gasteiger partial charge in [0.1, 0.15) is 0 Å². The number of benzene rings is 9. The van der Waals surface area contributed by atoms with Crippen molar-refractivity contribution in [3.63, 3.8) is 0 Å². The van der Waals surface area contributed by atoms with Crippen LogP contribution in [0.25, 0.3) is 55.5 Å². The fourth-order valence-corrected chi connectivity index (χ4v) is 11.6. The highest BCUT2D eigenvalue weighted by molar-refractivity contribution is 7.99. The van der Waals surface area contributed by atoms with E-state index in [0.29, 0.717) is 0 Å². The Balaban J connectivity index is 1.16. The Morgan fingerprint density at radius 2 is 1.21 bits per heavy atom. The highest BCUT2D eigenvalue weighted by atomic mass is 32.2. The molecule has 0 saturated carbocycles. The van der Waals surface area contributed by atoms with Crippen LogP contribution in [0.3, 0.4) is 0 Å². The molecule has 12 rings (SSSR count). The first-order valence-corrected chi connectivity index (χ1v) is 21.8. The summed E-state index contributed by atoms with van der Waals surface area (Å²) in [5.74, 6) is 0. The number of allylic oxidation sites excluding steroid dienone is 2. The zero-order valence-electron chi connectivity index (χ0n) is 33.7. The molecule has 0 radical (unpaired) electrons. The first-order chi connectivity index (χ1) is 30.1. The normalized spacial score (nSPS) is 15.0. The molecule has 0 saturated heterocycles. The van der Waals surface area contributed by atoms with Gasteiger partial charge in [-0.05, 0) is 129 Å². The lowest BCUT2D eigenvalue weighted by atomic mass is 9.59. The summed E-state index contributed by atoms with van der Waals surface area (Å²) in [6.45, 7) is 6.22. The van der Waals surface area contributed by atoms with E-state index in [1.54, 1.807) is 0 Å². The molecule has 0 fully saturated rings. The van der Waals surface area contributed by atoms with Crippen LogP contribution in [0.1, 0.15) is 33.4 Å². The smallest absolute Gasteiger partial charge is 0.0736 e. The van der Waals surface area contributed by atoms with Crippen LogP contribution in [-0.4, -0.2) is 4.57 Å². The lowest BCUT2D eigenvalue weighted by Gasteiger charge is -2.46. The van der Waals surface area contributed by atoms with Crippen LogP contribution in [0.5, 0.6) is 0 Å². The molecule has 1 aliphatic carbocycles. The van der Waals surface area contributed by atoms with Crippen molar-refractivity contribution in [1.29, 1.82) is 0 Å². The van der Waals surface area contributed by atoms with E-state index < -0.39 is 5.41 Å². The minimum atomic E-state index is -0.556. The van der Waals surface area contributed by atoms with E-state index in [1.165, 1.54) is 81.3 Å². The number of nitrogens with zero attached hydrogens (tertiary/aromatic N) is 2. The molecule has 1 aliphatic heterocycles. The fourth-order valence-electron chi connectivity index (χ4n) is 10.4. The number of hydrogen-bond acceptors (Lipinski definition) is 2. The molecule has 9 aromatic carbocycles. The molecule has 2 aliphatic rings. The van der Waals surface area contributed by atoms with Crippen LogP contribution in [0.2, 0.25) is 0 Å². The summed E-state index contributed by atoms with van der Waals surface area (Å²) in [4.78, 5) is 5.05. The van der Waals surface area contributed by atoms with Gasteiger partial charge in [-0.3, -0.25) is 0 Å². The maximum atomic E-state index is 3.98. The van der Waals surface area contributed by atoms with Gasteiger partial charge in [-0.2, -0.15) is 0 Å². The molecular formula is C58H40N2S. The highest BCUT2D eigenvalue weighted by Gasteiger charge is 2.48. The minimum Gasteiger partial charge on any atom is -0.310 e. The van der Waals surface area contributed by atoms with E-state index in [9.17, 15) is 0 Å². The molecule has 10 aromatic rings.